The number of alkyl halides is 9. The number of rotatable bonds is 12. The topological polar surface area (TPSA) is 70.4 Å². The third-order valence-electron chi connectivity index (χ3n) is 15.2. The smallest absolute Gasteiger partial charge is 0.393 e. The molecule has 6 nitrogen and oxygen atoms in total. The largest absolute Gasteiger partial charge is 0.416 e. The quantitative estimate of drug-likeness (QED) is 0.157. The van der Waals surface area contributed by atoms with Crippen LogP contribution in [0.3, 0.4) is 0 Å². The van der Waals surface area contributed by atoms with Gasteiger partial charge in [0.25, 0.3) is 0 Å². The molecule has 70 heavy (non-hydrogen) atoms. The van der Waals surface area contributed by atoms with Crippen molar-refractivity contribution in [2.75, 3.05) is 45.8 Å². The van der Waals surface area contributed by atoms with Crippen LogP contribution >= 0.6 is 0 Å². The Kier molecular flexibility index (Phi) is 19.8. The molecule has 0 spiro atoms. The minimum Gasteiger partial charge on any atom is -0.393 e. The van der Waals surface area contributed by atoms with Gasteiger partial charge in [0.15, 0.2) is 0 Å². The highest BCUT2D eigenvalue weighted by Gasteiger charge is 2.36. The van der Waals surface area contributed by atoms with Gasteiger partial charge in [-0.05, 0) is 161 Å². The second-order valence-electron chi connectivity index (χ2n) is 22.9. The highest BCUT2D eigenvalue weighted by molar-refractivity contribution is 5.32. The van der Waals surface area contributed by atoms with Gasteiger partial charge in [-0.3, -0.25) is 0 Å². The third kappa shape index (κ3) is 18.1. The fraction of sp³-hybridized carbons (Fsp3) is 0.673. The van der Waals surface area contributed by atoms with Crippen molar-refractivity contribution in [3.63, 3.8) is 0 Å². The minimum atomic E-state index is -4.29. The van der Waals surface area contributed by atoms with Crippen molar-refractivity contribution in [2.45, 2.75) is 191 Å². The number of aliphatic hydroxyl groups is 3. The number of likely N-dealkylation sites (tertiary alicyclic amines) is 3. The number of piperidine rings is 3. The van der Waals surface area contributed by atoms with Gasteiger partial charge in [-0.25, -0.2) is 0 Å². The molecule has 15 heteroatoms. The number of aliphatic hydroxyl groups excluding tert-OH is 1. The maximum atomic E-state index is 12.7. The van der Waals surface area contributed by atoms with Crippen molar-refractivity contribution in [3.8, 4) is 0 Å². The molecule has 3 N–H and O–H groups in total. The molecular weight excluding hydrogens is 922 g/mol. The molecule has 3 aliphatic rings. The maximum absolute atomic E-state index is 12.7. The highest BCUT2D eigenvalue weighted by atomic mass is 19.4. The SMILES string of the molecule is CC(CC(C)(C)c1ccc(C(F)(F)F)cc1)N1CCC(C)(O)CC1.CC(CC(C)(C)c1ccc(C(F)(F)F)cc1)N1CCC(O)CC1.CC1(O)CCN(CCC(C)(C)c2ccc(C(F)(F)F)cc2)CC1. The average molecular weight is 1000 g/mol. The number of hydrogen-bond acceptors (Lipinski definition) is 6. The molecule has 3 aromatic carbocycles. The van der Waals surface area contributed by atoms with Crippen LogP contribution in [0.15, 0.2) is 72.8 Å². The summed E-state index contributed by atoms with van der Waals surface area (Å²) in [6.45, 7) is 26.6. The Morgan fingerprint density at radius 3 is 1.06 bits per heavy atom. The van der Waals surface area contributed by atoms with Crippen LogP contribution in [-0.4, -0.2) is 105 Å². The van der Waals surface area contributed by atoms with Crippen LogP contribution in [0.25, 0.3) is 0 Å². The van der Waals surface area contributed by atoms with Crippen LogP contribution in [-0.2, 0) is 34.8 Å². The van der Waals surface area contributed by atoms with E-state index >= 15 is 0 Å². The van der Waals surface area contributed by atoms with E-state index in [0.29, 0.717) is 12.1 Å². The fourth-order valence-corrected chi connectivity index (χ4v) is 9.92. The van der Waals surface area contributed by atoms with E-state index in [-0.39, 0.29) is 22.3 Å². The Labute approximate surface area is 411 Å². The first-order valence-electron chi connectivity index (χ1n) is 24.9. The normalized spacial score (nSPS) is 20.1. The molecule has 0 amide bonds. The van der Waals surface area contributed by atoms with Crippen LogP contribution < -0.4 is 0 Å². The summed E-state index contributed by atoms with van der Waals surface area (Å²) < 4.78 is 114. The van der Waals surface area contributed by atoms with E-state index in [0.717, 1.165) is 132 Å². The van der Waals surface area contributed by atoms with Gasteiger partial charge >= 0.3 is 18.5 Å². The summed E-state index contributed by atoms with van der Waals surface area (Å²) in [6, 6.07) is 17.2. The molecule has 2 atom stereocenters. The molecule has 0 aliphatic carbocycles. The van der Waals surface area contributed by atoms with Gasteiger partial charge in [-0.1, -0.05) is 77.9 Å². The summed E-state index contributed by atoms with van der Waals surface area (Å²) in [7, 11) is 0. The monoisotopic (exact) mass is 1000 g/mol. The van der Waals surface area contributed by atoms with Crippen LogP contribution in [0.2, 0.25) is 0 Å². The lowest BCUT2D eigenvalue weighted by Gasteiger charge is -2.41. The van der Waals surface area contributed by atoms with Crippen molar-refractivity contribution in [2.24, 2.45) is 0 Å². The lowest BCUT2D eigenvalue weighted by Crippen LogP contribution is -2.47. The number of nitrogens with zero attached hydrogens (tertiary/aromatic N) is 3. The summed E-state index contributed by atoms with van der Waals surface area (Å²) in [6.07, 6.45) is -5.79. The van der Waals surface area contributed by atoms with Gasteiger partial charge in [0.05, 0.1) is 34.0 Å². The third-order valence-corrected chi connectivity index (χ3v) is 15.2. The van der Waals surface area contributed by atoms with Gasteiger partial charge in [-0.2, -0.15) is 39.5 Å². The van der Waals surface area contributed by atoms with E-state index in [2.05, 4.69) is 70.1 Å². The molecular formula is C55H80F9N3O3. The molecule has 396 valence electrons. The van der Waals surface area contributed by atoms with Crippen LogP contribution in [0.5, 0.6) is 0 Å². The molecule has 0 aromatic heterocycles. The van der Waals surface area contributed by atoms with Gasteiger partial charge in [0.2, 0.25) is 0 Å². The van der Waals surface area contributed by atoms with Crippen molar-refractivity contribution in [1.29, 1.82) is 0 Å². The van der Waals surface area contributed by atoms with Crippen molar-refractivity contribution < 1.29 is 54.8 Å². The van der Waals surface area contributed by atoms with Gasteiger partial charge in [-0.15, -0.1) is 0 Å². The zero-order chi connectivity index (χ0) is 52.7. The van der Waals surface area contributed by atoms with E-state index in [1.54, 1.807) is 36.4 Å². The lowest BCUT2D eigenvalue weighted by molar-refractivity contribution is -0.138. The van der Waals surface area contributed by atoms with Gasteiger partial charge in [0.1, 0.15) is 0 Å². The summed E-state index contributed by atoms with van der Waals surface area (Å²) >= 11 is 0. The number of hydrogen-bond donors (Lipinski definition) is 3. The summed E-state index contributed by atoms with van der Waals surface area (Å²) in [5.41, 5.74) is -0.736. The second-order valence-corrected chi connectivity index (χ2v) is 22.9. The standard InChI is InChI=1S/C19H28F3NO.2C18H26F3NO/c1-14(23-11-9-18(4,24)10-12-23)13-17(2,3)15-5-7-16(8-6-15)19(20,21)22;1-16(2,8-11-22-12-9-17(3,23)10-13-22)14-4-6-15(7-5-14)18(19,20)21;1-13(22-10-8-16(23)9-11-22)12-17(2,3)14-4-6-15(7-5-14)18(19,20)21/h5-8,14,24H,9-13H2,1-4H3;4-7,23H,8-13H2,1-3H3;4-7,13,16,23H,8-12H2,1-3H3. The minimum absolute atomic E-state index is 0.176. The molecule has 3 aromatic rings. The van der Waals surface area contributed by atoms with E-state index in [1.807, 2.05) is 13.8 Å². The van der Waals surface area contributed by atoms with Crippen molar-refractivity contribution >= 4 is 0 Å². The first kappa shape index (κ1) is 59.4. The lowest BCUT2D eigenvalue weighted by atomic mass is 9.78. The predicted octanol–water partition coefficient (Wildman–Crippen LogP) is 13.0. The number of halogens is 9. The molecule has 0 radical (unpaired) electrons. The second kappa shape index (κ2) is 23.3. The average Bonchev–Trinajstić information content (AvgIpc) is 3.25. The van der Waals surface area contributed by atoms with Crippen molar-refractivity contribution in [1.82, 2.24) is 14.7 Å². The maximum Gasteiger partial charge on any atom is 0.416 e. The molecule has 3 aliphatic heterocycles. The van der Waals surface area contributed by atoms with E-state index in [1.165, 1.54) is 24.3 Å². The molecule has 3 heterocycles. The Bertz CT molecular complexity index is 2020. The molecule has 2 unspecified atom stereocenters. The Hall–Kier alpha value is -3.21. The fourth-order valence-electron chi connectivity index (χ4n) is 9.92. The van der Waals surface area contributed by atoms with E-state index < -0.39 is 46.4 Å². The summed E-state index contributed by atoms with van der Waals surface area (Å²) in [4.78, 5) is 7.05. The molecule has 3 saturated heterocycles. The Morgan fingerprint density at radius 2 is 0.743 bits per heavy atom. The summed E-state index contributed by atoms with van der Waals surface area (Å²) in [5, 5.41) is 29.6. The highest BCUT2D eigenvalue weighted by Crippen LogP contribution is 2.38. The molecule has 0 saturated carbocycles. The van der Waals surface area contributed by atoms with Crippen LogP contribution in [0.1, 0.15) is 160 Å². The first-order chi connectivity index (χ1) is 32.0. The zero-order valence-electron chi connectivity index (χ0n) is 43.1. The van der Waals surface area contributed by atoms with Crippen LogP contribution in [0.4, 0.5) is 39.5 Å². The summed E-state index contributed by atoms with van der Waals surface area (Å²) in [5.74, 6) is 0. The molecule has 3 fully saturated rings. The Balaban J connectivity index is 0.000000228. The van der Waals surface area contributed by atoms with Gasteiger partial charge in [0, 0.05) is 51.4 Å². The Morgan fingerprint density at radius 1 is 0.471 bits per heavy atom. The van der Waals surface area contributed by atoms with E-state index in [9.17, 15) is 54.8 Å². The zero-order valence-corrected chi connectivity index (χ0v) is 43.1. The van der Waals surface area contributed by atoms with Crippen LogP contribution in [0, 0.1) is 0 Å². The van der Waals surface area contributed by atoms with Gasteiger partial charge < -0.3 is 30.0 Å². The predicted molar refractivity (Wildman–Crippen MR) is 261 cm³/mol. The molecule has 0 bridgehead atoms. The molecule has 6 rings (SSSR count). The number of benzene rings is 3. The van der Waals surface area contributed by atoms with Crippen molar-refractivity contribution in [3.05, 3.63) is 106 Å². The van der Waals surface area contributed by atoms with E-state index in [4.69, 9.17) is 0 Å². The first-order valence-corrected chi connectivity index (χ1v) is 24.9.